The number of carboxylic acids is 1. The Labute approximate surface area is 122 Å². The van der Waals surface area contributed by atoms with Crippen molar-refractivity contribution in [1.29, 1.82) is 0 Å². The molecule has 6 heteroatoms. The van der Waals surface area contributed by atoms with E-state index < -0.39 is 23.3 Å². The lowest BCUT2D eigenvalue weighted by molar-refractivity contribution is -0.140. The molecule has 1 aromatic carbocycles. The average Bonchev–Trinajstić information content (AvgIpc) is 3.09. The molecule has 21 heavy (non-hydrogen) atoms. The van der Waals surface area contributed by atoms with Gasteiger partial charge in [0.1, 0.15) is 0 Å². The number of hydrogen-bond acceptors (Lipinski definition) is 4. The Morgan fingerprint density at radius 3 is 2.62 bits per heavy atom. The number of carbonyl (C=O) groups is 2. The van der Waals surface area contributed by atoms with E-state index in [-0.39, 0.29) is 12.7 Å². The fourth-order valence-electron chi connectivity index (χ4n) is 2.52. The SMILES string of the molecule is CC(C)(NC(=O)[C@@H]1C[C@@H]1C(=O)O)c1ccc2c(c1)OCO2. The first-order chi connectivity index (χ1) is 9.88. The predicted molar refractivity (Wildman–Crippen MR) is 73.0 cm³/mol. The van der Waals surface area contributed by atoms with Crippen LogP contribution in [0.4, 0.5) is 0 Å². The van der Waals surface area contributed by atoms with Gasteiger partial charge in [-0.25, -0.2) is 0 Å². The molecule has 1 aromatic rings. The summed E-state index contributed by atoms with van der Waals surface area (Å²) in [4.78, 5) is 22.9. The second-order valence-corrected chi connectivity index (χ2v) is 5.97. The van der Waals surface area contributed by atoms with Crippen LogP contribution in [0.15, 0.2) is 18.2 Å². The van der Waals surface area contributed by atoms with E-state index >= 15 is 0 Å². The van der Waals surface area contributed by atoms with E-state index in [1.54, 1.807) is 0 Å². The average molecular weight is 291 g/mol. The molecule has 0 saturated heterocycles. The molecule has 1 amide bonds. The lowest BCUT2D eigenvalue weighted by Crippen LogP contribution is -2.42. The maximum absolute atomic E-state index is 12.1. The van der Waals surface area contributed by atoms with E-state index in [1.807, 2.05) is 32.0 Å². The van der Waals surface area contributed by atoms with Crippen LogP contribution < -0.4 is 14.8 Å². The van der Waals surface area contributed by atoms with E-state index in [0.29, 0.717) is 17.9 Å². The highest BCUT2D eigenvalue weighted by Gasteiger charge is 2.49. The van der Waals surface area contributed by atoms with Gasteiger partial charge in [0, 0.05) is 0 Å². The van der Waals surface area contributed by atoms with Crippen molar-refractivity contribution in [2.75, 3.05) is 6.79 Å². The van der Waals surface area contributed by atoms with Crippen molar-refractivity contribution in [3.05, 3.63) is 23.8 Å². The second kappa shape index (κ2) is 4.65. The van der Waals surface area contributed by atoms with Gasteiger partial charge in [0.2, 0.25) is 12.7 Å². The van der Waals surface area contributed by atoms with Crippen molar-refractivity contribution in [3.8, 4) is 11.5 Å². The molecule has 1 fully saturated rings. The molecular weight excluding hydrogens is 274 g/mol. The van der Waals surface area contributed by atoms with E-state index in [9.17, 15) is 9.59 Å². The Bertz CT molecular complexity index is 610. The highest BCUT2D eigenvalue weighted by molar-refractivity contribution is 5.89. The van der Waals surface area contributed by atoms with Crippen LogP contribution in [0.1, 0.15) is 25.8 Å². The minimum absolute atomic E-state index is 0.202. The molecule has 6 nitrogen and oxygen atoms in total. The highest BCUT2D eigenvalue weighted by Crippen LogP contribution is 2.40. The van der Waals surface area contributed by atoms with Gasteiger partial charge >= 0.3 is 5.97 Å². The van der Waals surface area contributed by atoms with Gasteiger partial charge in [-0.2, -0.15) is 0 Å². The van der Waals surface area contributed by atoms with E-state index in [0.717, 1.165) is 5.56 Å². The van der Waals surface area contributed by atoms with Crippen LogP contribution in [-0.2, 0) is 15.1 Å². The summed E-state index contributed by atoms with van der Waals surface area (Å²) in [5.74, 6) is -0.742. The Hall–Kier alpha value is -2.24. The quantitative estimate of drug-likeness (QED) is 0.878. The van der Waals surface area contributed by atoms with Crippen LogP contribution in [0.3, 0.4) is 0 Å². The van der Waals surface area contributed by atoms with Crippen LogP contribution in [-0.4, -0.2) is 23.8 Å². The van der Waals surface area contributed by atoms with Crippen molar-refractivity contribution in [3.63, 3.8) is 0 Å². The lowest BCUT2D eigenvalue weighted by atomic mass is 9.93. The van der Waals surface area contributed by atoms with Gasteiger partial charge in [-0.15, -0.1) is 0 Å². The van der Waals surface area contributed by atoms with E-state index in [2.05, 4.69) is 5.32 Å². The fraction of sp³-hybridized carbons (Fsp3) is 0.467. The normalized spacial score (nSPS) is 22.8. The number of carbonyl (C=O) groups excluding carboxylic acids is 1. The molecule has 2 atom stereocenters. The minimum Gasteiger partial charge on any atom is -0.481 e. The number of rotatable bonds is 4. The summed E-state index contributed by atoms with van der Waals surface area (Å²) in [6.45, 7) is 3.95. The van der Waals surface area contributed by atoms with Crippen molar-refractivity contribution < 1.29 is 24.2 Å². The Balaban J connectivity index is 1.72. The zero-order valence-corrected chi connectivity index (χ0v) is 11.9. The van der Waals surface area contributed by atoms with Gasteiger partial charge in [0.25, 0.3) is 0 Å². The molecule has 1 aliphatic heterocycles. The maximum Gasteiger partial charge on any atom is 0.307 e. The first-order valence-corrected chi connectivity index (χ1v) is 6.83. The monoisotopic (exact) mass is 291 g/mol. The molecule has 1 aliphatic carbocycles. The molecule has 1 heterocycles. The van der Waals surface area contributed by atoms with Gasteiger partial charge in [-0.05, 0) is 38.0 Å². The molecule has 2 aliphatic rings. The molecule has 0 bridgehead atoms. The van der Waals surface area contributed by atoms with Crippen LogP contribution in [0.25, 0.3) is 0 Å². The summed E-state index contributed by atoms with van der Waals surface area (Å²) in [7, 11) is 0. The first kappa shape index (κ1) is 13.7. The van der Waals surface area contributed by atoms with E-state index in [1.165, 1.54) is 0 Å². The van der Waals surface area contributed by atoms with Crippen molar-refractivity contribution in [1.82, 2.24) is 5.32 Å². The third-order valence-corrected chi connectivity index (χ3v) is 3.97. The lowest BCUT2D eigenvalue weighted by Gasteiger charge is -2.27. The van der Waals surface area contributed by atoms with Crippen LogP contribution >= 0.6 is 0 Å². The number of amides is 1. The Kier molecular flexibility index (Phi) is 3.04. The fourth-order valence-corrected chi connectivity index (χ4v) is 2.52. The largest absolute Gasteiger partial charge is 0.481 e. The Morgan fingerprint density at radius 2 is 1.95 bits per heavy atom. The number of aliphatic carboxylic acids is 1. The maximum atomic E-state index is 12.1. The summed E-state index contributed by atoms with van der Waals surface area (Å²) in [6, 6.07) is 5.52. The van der Waals surface area contributed by atoms with Gasteiger partial charge in [-0.1, -0.05) is 6.07 Å². The standard InChI is InChI=1S/C15H17NO5/c1-15(2,16-13(17)9-6-10(9)14(18)19)8-3-4-11-12(5-8)21-7-20-11/h3-5,9-10H,6-7H2,1-2H3,(H,16,17)(H,18,19)/t9-,10+/m1/s1. The number of carboxylic acid groups (broad SMARTS) is 1. The number of nitrogens with one attached hydrogen (secondary N) is 1. The zero-order valence-electron chi connectivity index (χ0n) is 11.9. The third-order valence-electron chi connectivity index (χ3n) is 3.97. The third kappa shape index (κ3) is 2.53. The summed E-state index contributed by atoms with van der Waals surface area (Å²) in [5, 5.41) is 11.8. The van der Waals surface area contributed by atoms with Crippen LogP contribution in [0, 0.1) is 11.8 Å². The van der Waals surface area contributed by atoms with Crippen LogP contribution in [0.2, 0.25) is 0 Å². The summed E-state index contributed by atoms with van der Waals surface area (Å²) < 4.78 is 10.6. The van der Waals surface area contributed by atoms with Crippen molar-refractivity contribution in [2.45, 2.75) is 25.8 Å². The zero-order chi connectivity index (χ0) is 15.2. The van der Waals surface area contributed by atoms with Gasteiger partial charge < -0.3 is 19.9 Å². The minimum atomic E-state index is -0.906. The van der Waals surface area contributed by atoms with E-state index in [4.69, 9.17) is 14.6 Å². The summed E-state index contributed by atoms with van der Waals surface area (Å²) in [5.41, 5.74) is 0.275. The van der Waals surface area contributed by atoms with Crippen molar-refractivity contribution in [2.24, 2.45) is 11.8 Å². The number of benzene rings is 1. The first-order valence-electron chi connectivity index (χ1n) is 6.83. The number of fused-ring (bicyclic) bond motifs is 1. The summed E-state index contributed by atoms with van der Waals surface area (Å²) in [6.07, 6.45) is 0.415. The topological polar surface area (TPSA) is 84.9 Å². The van der Waals surface area contributed by atoms with Gasteiger partial charge in [0.05, 0.1) is 17.4 Å². The van der Waals surface area contributed by atoms with Gasteiger partial charge in [0.15, 0.2) is 11.5 Å². The Morgan fingerprint density at radius 1 is 1.24 bits per heavy atom. The molecule has 0 radical (unpaired) electrons. The molecule has 3 rings (SSSR count). The molecular formula is C15H17NO5. The second-order valence-electron chi connectivity index (χ2n) is 5.97. The molecule has 0 aromatic heterocycles. The van der Waals surface area contributed by atoms with Gasteiger partial charge in [-0.3, -0.25) is 9.59 Å². The van der Waals surface area contributed by atoms with Crippen molar-refractivity contribution >= 4 is 11.9 Å². The predicted octanol–water partition coefficient (Wildman–Crippen LogP) is 1.49. The summed E-state index contributed by atoms with van der Waals surface area (Å²) >= 11 is 0. The molecule has 2 N–H and O–H groups in total. The number of ether oxygens (including phenoxy) is 2. The van der Waals surface area contributed by atoms with Crippen LogP contribution in [0.5, 0.6) is 11.5 Å². The molecule has 112 valence electrons. The highest BCUT2D eigenvalue weighted by atomic mass is 16.7. The smallest absolute Gasteiger partial charge is 0.307 e. The molecule has 0 spiro atoms. The number of hydrogen-bond donors (Lipinski definition) is 2. The molecule has 1 saturated carbocycles. The molecule has 0 unspecified atom stereocenters.